The van der Waals surface area contributed by atoms with Crippen LogP contribution in [0.4, 0.5) is 10.6 Å². The number of amides is 3. The number of benzene rings is 1. The molecule has 0 fully saturated rings. The van der Waals surface area contributed by atoms with Crippen LogP contribution >= 0.6 is 0 Å². The first kappa shape index (κ1) is 13.3. The van der Waals surface area contributed by atoms with Crippen molar-refractivity contribution >= 4 is 24.0 Å². The molecule has 0 aliphatic heterocycles. The number of urea groups is 1. The molecule has 1 aromatic heterocycles. The van der Waals surface area contributed by atoms with Gasteiger partial charge >= 0.3 is 6.03 Å². The van der Waals surface area contributed by atoms with Crippen molar-refractivity contribution in [2.24, 2.45) is 11.5 Å². The highest BCUT2D eigenvalue weighted by molar-refractivity contribution is 6.03. The number of anilines is 1. The van der Waals surface area contributed by atoms with Crippen molar-refractivity contribution in [1.82, 2.24) is 4.98 Å². The average Bonchev–Trinajstić information content (AvgIpc) is 2.82. The van der Waals surface area contributed by atoms with Crippen LogP contribution in [0.5, 0.6) is 0 Å². The molecule has 0 aliphatic carbocycles. The smallest absolute Gasteiger partial charge is 0.317 e. The number of hydrogen-bond donors (Lipinski definition) is 4. The summed E-state index contributed by atoms with van der Waals surface area (Å²) in [6.07, 6.45) is 0.730. The Morgan fingerprint density at radius 3 is 2.30 bits per heavy atom. The van der Waals surface area contributed by atoms with Gasteiger partial charge in [0, 0.05) is 11.3 Å². The van der Waals surface area contributed by atoms with Gasteiger partial charge < -0.3 is 16.5 Å². The lowest BCUT2D eigenvalue weighted by atomic mass is 10.1. The third-order valence-electron chi connectivity index (χ3n) is 2.69. The summed E-state index contributed by atoms with van der Waals surface area (Å²) in [5.41, 5.74) is 12.2. The lowest BCUT2D eigenvalue weighted by molar-refractivity contribution is 0.100. The fourth-order valence-electron chi connectivity index (χ4n) is 1.77. The molecule has 0 aliphatic rings. The predicted molar refractivity (Wildman–Crippen MR) is 73.3 cm³/mol. The number of carbonyl (C=O) groups excluding carboxylic acids is 3. The Kier molecular flexibility index (Phi) is 3.52. The fraction of sp³-hybridized carbons (Fsp3) is 0. The maximum atomic E-state index is 11.3. The highest BCUT2D eigenvalue weighted by atomic mass is 16.2. The molecule has 1 aromatic carbocycles. The van der Waals surface area contributed by atoms with Gasteiger partial charge in [-0.2, -0.15) is 0 Å². The van der Waals surface area contributed by atoms with Crippen LogP contribution in [0.25, 0.3) is 11.3 Å². The number of H-pyrrole nitrogens is 1. The first-order valence-electron chi connectivity index (χ1n) is 5.66. The fourth-order valence-corrected chi connectivity index (χ4v) is 1.77. The Hall–Kier alpha value is -3.09. The van der Waals surface area contributed by atoms with E-state index in [0.717, 1.165) is 11.8 Å². The van der Waals surface area contributed by atoms with E-state index in [-0.39, 0.29) is 11.4 Å². The van der Waals surface area contributed by atoms with Gasteiger partial charge in [0.25, 0.3) is 5.91 Å². The second kappa shape index (κ2) is 5.27. The Labute approximate surface area is 114 Å². The van der Waals surface area contributed by atoms with Crippen LogP contribution < -0.4 is 16.8 Å². The molecular formula is C13H12N4O3. The van der Waals surface area contributed by atoms with Gasteiger partial charge in [0.2, 0.25) is 0 Å². The molecule has 2 aromatic rings. The van der Waals surface area contributed by atoms with Crippen LogP contribution in [0.3, 0.4) is 0 Å². The molecule has 0 bridgehead atoms. The van der Waals surface area contributed by atoms with Crippen LogP contribution in [-0.4, -0.2) is 23.2 Å². The van der Waals surface area contributed by atoms with Gasteiger partial charge in [-0.05, 0) is 11.6 Å². The molecule has 0 saturated heterocycles. The molecule has 0 saturated carbocycles. The minimum atomic E-state index is -0.808. The first-order valence-corrected chi connectivity index (χ1v) is 5.66. The van der Waals surface area contributed by atoms with Crippen molar-refractivity contribution in [2.75, 3.05) is 5.32 Å². The van der Waals surface area contributed by atoms with E-state index in [1.54, 1.807) is 24.3 Å². The maximum Gasteiger partial charge on any atom is 0.317 e. The zero-order valence-electron chi connectivity index (χ0n) is 10.3. The summed E-state index contributed by atoms with van der Waals surface area (Å²) in [5, 5.41) is 2.29. The van der Waals surface area contributed by atoms with Crippen LogP contribution in [0.2, 0.25) is 0 Å². The summed E-state index contributed by atoms with van der Waals surface area (Å²) in [5.74, 6) is -0.555. The zero-order chi connectivity index (χ0) is 14.7. The summed E-state index contributed by atoms with van der Waals surface area (Å²) < 4.78 is 0. The van der Waals surface area contributed by atoms with Crippen molar-refractivity contribution in [3.8, 4) is 11.3 Å². The lowest BCUT2D eigenvalue weighted by Crippen LogP contribution is -2.22. The van der Waals surface area contributed by atoms with Gasteiger partial charge in [0.05, 0.1) is 5.56 Å². The number of nitrogens with two attached hydrogens (primary N) is 2. The summed E-state index contributed by atoms with van der Waals surface area (Å²) in [4.78, 5) is 35.6. The Morgan fingerprint density at radius 2 is 1.80 bits per heavy atom. The van der Waals surface area contributed by atoms with E-state index in [1.807, 2.05) is 0 Å². The Balaban J connectivity index is 2.43. The molecule has 1 heterocycles. The van der Waals surface area contributed by atoms with Crippen molar-refractivity contribution in [1.29, 1.82) is 0 Å². The molecule has 20 heavy (non-hydrogen) atoms. The van der Waals surface area contributed by atoms with Gasteiger partial charge in [-0.3, -0.25) is 14.9 Å². The van der Waals surface area contributed by atoms with Gasteiger partial charge in [0.15, 0.2) is 0 Å². The van der Waals surface area contributed by atoms with E-state index in [4.69, 9.17) is 11.5 Å². The van der Waals surface area contributed by atoms with E-state index in [1.165, 1.54) is 6.07 Å². The van der Waals surface area contributed by atoms with Crippen LogP contribution in [0, 0.1) is 0 Å². The van der Waals surface area contributed by atoms with Gasteiger partial charge in [-0.1, -0.05) is 24.3 Å². The highest BCUT2D eigenvalue weighted by Crippen LogP contribution is 2.25. The number of primary amides is 2. The number of carbonyl (C=O) groups is 3. The highest BCUT2D eigenvalue weighted by Gasteiger charge is 2.15. The van der Waals surface area contributed by atoms with Gasteiger partial charge in [-0.25, -0.2) is 4.79 Å². The molecule has 102 valence electrons. The third-order valence-corrected chi connectivity index (χ3v) is 2.69. The van der Waals surface area contributed by atoms with Crippen molar-refractivity contribution in [3.63, 3.8) is 0 Å². The minimum absolute atomic E-state index is 0.123. The average molecular weight is 272 g/mol. The standard InChI is InChI=1S/C13H12N4O3/c14-11(19)9-5-10(16-12(9)17-13(15)20)8-3-1-7(6-18)2-4-8/h1-6,16H,(H2,14,19)(H3,15,17,20). The van der Waals surface area contributed by atoms with Crippen molar-refractivity contribution in [2.45, 2.75) is 0 Å². The monoisotopic (exact) mass is 272 g/mol. The van der Waals surface area contributed by atoms with Gasteiger partial charge in [0.1, 0.15) is 12.1 Å². The number of aldehydes is 1. The molecule has 0 radical (unpaired) electrons. The van der Waals surface area contributed by atoms with E-state index in [0.29, 0.717) is 11.3 Å². The second-order valence-corrected chi connectivity index (χ2v) is 4.07. The number of nitrogens with one attached hydrogen (secondary N) is 2. The summed E-state index contributed by atoms with van der Waals surface area (Å²) in [6, 6.07) is 7.37. The summed E-state index contributed by atoms with van der Waals surface area (Å²) >= 11 is 0. The number of aromatic nitrogens is 1. The molecule has 0 atom stereocenters. The number of rotatable bonds is 4. The Morgan fingerprint density at radius 1 is 1.15 bits per heavy atom. The van der Waals surface area contributed by atoms with Crippen molar-refractivity contribution in [3.05, 3.63) is 41.5 Å². The normalized spacial score (nSPS) is 10.0. The number of hydrogen-bond acceptors (Lipinski definition) is 3. The molecule has 3 amide bonds. The van der Waals surface area contributed by atoms with Gasteiger partial charge in [-0.15, -0.1) is 0 Å². The number of aromatic amines is 1. The largest absolute Gasteiger partial charge is 0.365 e. The first-order chi connectivity index (χ1) is 9.51. The van der Waals surface area contributed by atoms with E-state index >= 15 is 0 Å². The van der Waals surface area contributed by atoms with E-state index in [9.17, 15) is 14.4 Å². The van der Waals surface area contributed by atoms with Crippen molar-refractivity contribution < 1.29 is 14.4 Å². The third kappa shape index (κ3) is 2.66. The summed E-state index contributed by atoms with van der Waals surface area (Å²) in [7, 11) is 0. The van der Waals surface area contributed by atoms with Crippen LogP contribution in [0.1, 0.15) is 20.7 Å². The topological polar surface area (TPSA) is 131 Å². The quantitative estimate of drug-likeness (QED) is 0.621. The maximum absolute atomic E-state index is 11.3. The second-order valence-electron chi connectivity index (χ2n) is 4.07. The predicted octanol–water partition coefficient (Wildman–Crippen LogP) is 1.08. The summed E-state index contributed by atoms with van der Waals surface area (Å²) in [6.45, 7) is 0. The van der Waals surface area contributed by atoms with Crippen LogP contribution in [-0.2, 0) is 0 Å². The van der Waals surface area contributed by atoms with Crippen LogP contribution in [0.15, 0.2) is 30.3 Å². The molecular weight excluding hydrogens is 260 g/mol. The molecule has 6 N–H and O–H groups in total. The molecule has 0 unspecified atom stereocenters. The van der Waals surface area contributed by atoms with E-state index < -0.39 is 11.9 Å². The molecule has 7 nitrogen and oxygen atoms in total. The lowest BCUT2D eigenvalue weighted by Gasteiger charge is -2.00. The molecule has 0 spiro atoms. The SMILES string of the molecule is NC(=O)Nc1[nH]c(-c2ccc(C=O)cc2)cc1C(N)=O. The zero-order valence-corrected chi connectivity index (χ0v) is 10.3. The molecule has 7 heteroatoms. The Bertz CT molecular complexity index is 673. The molecule has 2 rings (SSSR count). The minimum Gasteiger partial charge on any atom is -0.365 e. The van der Waals surface area contributed by atoms with E-state index in [2.05, 4.69) is 10.3 Å².